The molecule has 2 N–H and O–H groups in total. The molecule has 7 heteroatoms. The molecule has 1 aliphatic rings. The molecule has 0 radical (unpaired) electrons. The van der Waals surface area contributed by atoms with Gasteiger partial charge in [-0.1, -0.05) is 12.2 Å². The molecule has 0 spiro atoms. The summed E-state index contributed by atoms with van der Waals surface area (Å²) in [5.41, 5.74) is 0.979. The number of carbonyl (C=O) groups excluding carboxylic acids is 2. The van der Waals surface area contributed by atoms with E-state index in [1.54, 1.807) is 12.1 Å². The molecule has 0 amide bonds. The number of aliphatic hydroxyl groups excluding tert-OH is 1. The summed E-state index contributed by atoms with van der Waals surface area (Å²) in [6.07, 6.45) is 6.81. The van der Waals surface area contributed by atoms with Gasteiger partial charge in [-0.05, 0) is 44.2 Å². The molecule has 0 saturated heterocycles. The van der Waals surface area contributed by atoms with Gasteiger partial charge in [-0.2, -0.15) is 0 Å². The van der Waals surface area contributed by atoms with Crippen LogP contribution in [0, 0.1) is 0 Å². The normalized spacial score (nSPS) is 20.4. The first kappa shape index (κ1) is 24.9. The zero-order valence-corrected chi connectivity index (χ0v) is 19.1. The highest BCUT2D eigenvalue weighted by atomic mass is 16.5. The van der Waals surface area contributed by atoms with Gasteiger partial charge in [-0.25, -0.2) is 4.79 Å². The minimum Gasteiger partial charge on any atom is -0.496 e. The summed E-state index contributed by atoms with van der Waals surface area (Å²) in [5.74, 6) is 0.657. The number of Topliss-reactive ketones (excluding diaryl/α,β-unsaturated/α-hetero) is 1. The number of esters is 1. The Balaban J connectivity index is 2.31. The van der Waals surface area contributed by atoms with Crippen LogP contribution in [0.5, 0.6) is 11.5 Å². The van der Waals surface area contributed by atoms with Gasteiger partial charge in [0.1, 0.15) is 42.1 Å². The van der Waals surface area contributed by atoms with Crippen LogP contribution in [0.15, 0.2) is 18.2 Å². The number of cyclic esters (lactones) is 1. The topological polar surface area (TPSA) is 86.5 Å². The second-order valence-electron chi connectivity index (χ2n) is 8.41. The number of ether oxygens (including phenoxy) is 3. The van der Waals surface area contributed by atoms with Gasteiger partial charge in [-0.15, -0.1) is 0 Å². The van der Waals surface area contributed by atoms with E-state index in [1.165, 1.54) is 7.11 Å². The second kappa shape index (κ2) is 12.5. The van der Waals surface area contributed by atoms with Crippen LogP contribution in [0.3, 0.4) is 0 Å². The quantitative estimate of drug-likeness (QED) is 0.667. The van der Waals surface area contributed by atoms with Crippen molar-refractivity contribution in [2.24, 2.45) is 0 Å². The number of hydrogen-bond donors (Lipinski definition) is 2. The average Bonchev–Trinajstić information content (AvgIpc) is 2.70. The lowest BCUT2D eigenvalue weighted by Crippen LogP contribution is -3.07. The van der Waals surface area contributed by atoms with Gasteiger partial charge in [-0.3, -0.25) is 4.79 Å². The molecular weight excluding hydrogens is 398 g/mol. The fourth-order valence-corrected chi connectivity index (χ4v) is 3.57. The van der Waals surface area contributed by atoms with Crippen LogP contribution in [0.25, 0.3) is 6.08 Å². The van der Waals surface area contributed by atoms with E-state index in [4.69, 9.17) is 14.2 Å². The third-order valence-electron chi connectivity index (χ3n) is 5.11. The number of hydrogen-bond acceptors (Lipinski definition) is 6. The molecule has 1 aromatic carbocycles. The molecular formula is C24H36NO6+. The second-order valence-corrected chi connectivity index (χ2v) is 8.41. The number of aliphatic hydroxyl groups is 1. The number of quaternary nitrogens is 1. The Labute approximate surface area is 185 Å². The maximum absolute atomic E-state index is 12.9. The summed E-state index contributed by atoms with van der Waals surface area (Å²) in [4.78, 5) is 26.0. The number of benzene rings is 1. The van der Waals surface area contributed by atoms with Crippen LogP contribution in [0.2, 0.25) is 0 Å². The summed E-state index contributed by atoms with van der Waals surface area (Å²) >= 11 is 0. The van der Waals surface area contributed by atoms with E-state index in [0.29, 0.717) is 54.9 Å². The number of likely N-dealkylation sites (N-methyl/N-ethyl adjacent to an activating group) is 1. The van der Waals surface area contributed by atoms with E-state index in [1.807, 2.05) is 33.2 Å². The van der Waals surface area contributed by atoms with Crippen LogP contribution < -0.4 is 14.4 Å². The number of carbonyl (C=O) groups is 2. The Bertz CT molecular complexity index is 774. The van der Waals surface area contributed by atoms with Gasteiger partial charge in [0.25, 0.3) is 0 Å². The Morgan fingerprint density at radius 2 is 1.97 bits per heavy atom. The lowest BCUT2D eigenvalue weighted by atomic mass is 10.0. The smallest absolute Gasteiger partial charge is 0.342 e. The summed E-state index contributed by atoms with van der Waals surface area (Å²) < 4.78 is 16.9. The number of nitrogens with one attached hydrogen (secondary N) is 1. The third-order valence-corrected chi connectivity index (χ3v) is 5.11. The summed E-state index contributed by atoms with van der Waals surface area (Å²) in [7, 11) is 5.42. The van der Waals surface area contributed by atoms with E-state index in [0.717, 1.165) is 17.7 Å². The number of methoxy groups -OCH3 is 1. The predicted molar refractivity (Wildman–Crippen MR) is 119 cm³/mol. The van der Waals surface area contributed by atoms with Crippen molar-refractivity contribution in [3.05, 3.63) is 29.3 Å². The SMILES string of the molecule is COc1cc(OC[C@H](O)C[NH+](C)C)cc2c1C(=O)O[C@@H](C)CCCC(=O)CCC/C=C/2. The van der Waals surface area contributed by atoms with Crippen molar-refractivity contribution in [1.82, 2.24) is 0 Å². The Kier molecular flexibility index (Phi) is 10.0. The van der Waals surface area contributed by atoms with Crippen molar-refractivity contribution in [2.45, 2.75) is 57.7 Å². The number of allylic oxidation sites excluding steroid dienone is 1. The van der Waals surface area contributed by atoms with Gasteiger partial charge in [0.2, 0.25) is 0 Å². The molecule has 0 fully saturated rings. The van der Waals surface area contributed by atoms with Gasteiger partial charge in [0.15, 0.2) is 0 Å². The molecule has 1 aliphatic heterocycles. The van der Waals surface area contributed by atoms with Crippen LogP contribution in [-0.2, 0) is 9.53 Å². The van der Waals surface area contributed by atoms with E-state index < -0.39 is 12.1 Å². The summed E-state index contributed by atoms with van der Waals surface area (Å²) in [5, 5.41) is 10.1. The minimum absolute atomic E-state index is 0.139. The Hall–Kier alpha value is -2.38. The van der Waals surface area contributed by atoms with E-state index in [-0.39, 0.29) is 18.5 Å². The molecule has 0 bridgehead atoms. The predicted octanol–water partition coefficient (Wildman–Crippen LogP) is 2.06. The Morgan fingerprint density at radius 3 is 2.68 bits per heavy atom. The van der Waals surface area contributed by atoms with E-state index in [9.17, 15) is 14.7 Å². The van der Waals surface area contributed by atoms with Crippen LogP contribution in [0.1, 0.15) is 61.4 Å². The maximum atomic E-state index is 12.9. The van der Waals surface area contributed by atoms with E-state index in [2.05, 4.69) is 0 Å². The van der Waals surface area contributed by atoms with E-state index >= 15 is 0 Å². The van der Waals surface area contributed by atoms with Crippen molar-refractivity contribution < 1.29 is 33.8 Å². The zero-order valence-electron chi connectivity index (χ0n) is 19.1. The highest BCUT2D eigenvalue weighted by Gasteiger charge is 2.22. The largest absolute Gasteiger partial charge is 0.496 e. The molecule has 1 heterocycles. The molecule has 0 saturated carbocycles. The zero-order chi connectivity index (χ0) is 22.8. The van der Waals surface area contributed by atoms with Gasteiger partial charge >= 0.3 is 5.97 Å². The molecule has 172 valence electrons. The van der Waals surface area contributed by atoms with Crippen LogP contribution >= 0.6 is 0 Å². The highest BCUT2D eigenvalue weighted by molar-refractivity contribution is 5.97. The van der Waals surface area contributed by atoms with Gasteiger partial charge < -0.3 is 24.2 Å². The standard InChI is InChI=1S/C24H35NO6/c1-17-9-8-12-19(26)11-7-5-6-10-18-13-21(30-16-20(27)15-25(2)3)14-22(29-4)23(18)24(28)31-17/h6,10,13-14,17,20,27H,5,7-9,11-12,15-16H2,1-4H3/p+1/b10-6+/t17-,20+/m0/s1. The monoisotopic (exact) mass is 434 g/mol. The maximum Gasteiger partial charge on any atom is 0.342 e. The minimum atomic E-state index is -0.608. The molecule has 1 aromatic rings. The number of fused-ring (bicyclic) bond motifs is 1. The summed E-state index contributed by atoms with van der Waals surface area (Å²) in [6.45, 7) is 2.53. The molecule has 0 aromatic heterocycles. The van der Waals surface area contributed by atoms with Crippen molar-refractivity contribution >= 4 is 17.8 Å². The summed E-state index contributed by atoms with van der Waals surface area (Å²) in [6, 6.07) is 3.40. The number of ketones is 1. The Morgan fingerprint density at radius 1 is 1.23 bits per heavy atom. The molecule has 2 atom stereocenters. The molecule has 0 unspecified atom stereocenters. The first-order valence-corrected chi connectivity index (χ1v) is 11.0. The lowest BCUT2D eigenvalue weighted by Gasteiger charge is -2.19. The molecule has 31 heavy (non-hydrogen) atoms. The molecule has 2 rings (SSSR count). The van der Waals surface area contributed by atoms with Crippen molar-refractivity contribution in [3.8, 4) is 11.5 Å². The molecule has 0 aliphatic carbocycles. The third kappa shape index (κ3) is 8.34. The average molecular weight is 435 g/mol. The van der Waals surface area contributed by atoms with Crippen molar-refractivity contribution in [1.29, 1.82) is 0 Å². The van der Waals surface area contributed by atoms with Gasteiger partial charge in [0.05, 0.1) is 27.3 Å². The van der Waals surface area contributed by atoms with Crippen molar-refractivity contribution in [2.75, 3.05) is 34.4 Å². The van der Waals surface area contributed by atoms with Gasteiger partial charge in [0, 0.05) is 18.9 Å². The fraction of sp³-hybridized carbons (Fsp3) is 0.583. The highest BCUT2D eigenvalue weighted by Crippen LogP contribution is 2.31. The van der Waals surface area contributed by atoms with Crippen LogP contribution in [0.4, 0.5) is 0 Å². The number of rotatable bonds is 6. The molecule has 7 nitrogen and oxygen atoms in total. The first-order chi connectivity index (χ1) is 14.8. The lowest BCUT2D eigenvalue weighted by molar-refractivity contribution is -0.861. The van der Waals surface area contributed by atoms with Crippen molar-refractivity contribution in [3.63, 3.8) is 0 Å². The van der Waals surface area contributed by atoms with Crippen LogP contribution in [-0.4, -0.2) is 63.4 Å². The first-order valence-electron chi connectivity index (χ1n) is 11.0. The fourth-order valence-electron chi connectivity index (χ4n) is 3.57.